The van der Waals surface area contributed by atoms with Gasteiger partial charge < -0.3 is 5.32 Å². The molecule has 1 aromatic carbocycles. The highest BCUT2D eigenvalue weighted by atomic mass is 79.9. The Hall–Kier alpha value is -0.760. The number of fused-ring (bicyclic) bond motifs is 1. The van der Waals surface area contributed by atoms with Gasteiger partial charge in [0.2, 0.25) is 0 Å². The lowest BCUT2D eigenvalue weighted by Gasteiger charge is -2.14. The summed E-state index contributed by atoms with van der Waals surface area (Å²) in [7, 11) is 0. The van der Waals surface area contributed by atoms with Gasteiger partial charge in [-0.1, -0.05) is 34.1 Å². The number of benzene rings is 1. The molecule has 0 bridgehead atoms. The summed E-state index contributed by atoms with van der Waals surface area (Å²) in [5.74, 6) is 0. The van der Waals surface area contributed by atoms with Crippen molar-refractivity contribution in [2.24, 2.45) is 0 Å². The van der Waals surface area contributed by atoms with Crippen LogP contribution in [0.4, 0.5) is 5.69 Å². The molecule has 0 amide bonds. The Kier molecular flexibility index (Phi) is 1.70. The first kappa shape index (κ1) is 6.92. The molecular formula is C9H8BrN. The lowest BCUT2D eigenvalue weighted by Crippen LogP contribution is -2.06. The van der Waals surface area contributed by atoms with Crippen molar-refractivity contribution in [1.29, 1.82) is 0 Å². The van der Waals surface area contributed by atoms with Gasteiger partial charge in [-0.25, -0.2) is 0 Å². The zero-order valence-electron chi connectivity index (χ0n) is 5.97. The van der Waals surface area contributed by atoms with E-state index < -0.39 is 0 Å². The molecule has 1 aliphatic rings. The zero-order valence-corrected chi connectivity index (χ0v) is 7.56. The second-order valence-corrected chi connectivity index (χ2v) is 3.55. The molecule has 56 valence electrons. The molecular weight excluding hydrogens is 202 g/mol. The van der Waals surface area contributed by atoms with Gasteiger partial charge in [-0.15, -0.1) is 0 Å². The minimum atomic E-state index is 0.900. The Bertz CT molecular complexity index is 304. The number of rotatable bonds is 0. The second-order valence-electron chi connectivity index (χ2n) is 2.53. The standard InChI is InChI=1S/C9H8BrN/c10-8-5-7-3-1-2-4-9(7)11-6-8/h1-5,11H,6H2. The minimum absolute atomic E-state index is 0.900. The molecule has 2 rings (SSSR count). The number of hydrogen-bond donors (Lipinski definition) is 1. The first-order chi connectivity index (χ1) is 5.36. The van der Waals surface area contributed by atoms with Crippen LogP contribution < -0.4 is 5.32 Å². The van der Waals surface area contributed by atoms with Gasteiger partial charge in [-0.3, -0.25) is 0 Å². The normalized spacial score (nSPS) is 14.8. The van der Waals surface area contributed by atoms with Crippen molar-refractivity contribution in [1.82, 2.24) is 0 Å². The number of hydrogen-bond acceptors (Lipinski definition) is 1. The molecule has 0 fully saturated rings. The van der Waals surface area contributed by atoms with Crippen LogP contribution >= 0.6 is 15.9 Å². The molecule has 0 aliphatic carbocycles. The Labute approximate surface area is 74.2 Å². The Morgan fingerprint density at radius 3 is 3.00 bits per heavy atom. The van der Waals surface area contributed by atoms with Gasteiger partial charge in [0, 0.05) is 16.7 Å². The van der Waals surface area contributed by atoms with Crippen molar-refractivity contribution in [3.63, 3.8) is 0 Å². The average Bonchev–Trinajstić information content (AvgIpc) is 2.04. The van der Waals surface area contributed by atoms with E-state index >= 15 is 0 Å². The van der Waals surface area contributed by atoms with E-state index in [0.29, 0.717) is 0 Å². The highest BCUT2D eigenvalue weighted by molar-refractivity contribution is 9.11. The van der Waals surface area contributed by atoms with E-state index in [4.69, 9.17) is 0 Å². The van der Waals surface area contributed by atoms with E-state index in [1.54, 1.807) is 0 Å². The van der Waals surface area contributed by atoms with Crippen molar-refractivity contribution >= 4 is 27.7 Å². The van der Waals surface area contributed by atoms with Crippen molar-refractivity contribution in [2.75, 3.05) is 11.9 Å². The predicted molar refractivity (Wildman–Crippen MR) is 51.8 cm³/mol. The SMILES string of the molecule is BrC1=Cc2ccccc2NC1. The van der Waals surface area contributed by atoms with Gasteiger partial charge in [-0.2, -0.15) is 0 Å². The molecule has 11 heavy (non-hydrogen) atoms. The molecule has 1 heterocycles. The third kappa shape index (κ3) is 1.31. The van der Waals surface area contributed by atoms with Gasteiger partial charge in [0.05, 0.1) is 0 Å². The van der Waals surface area contributed by atoms with Crippen LogP contribution in [0, 0.1) is 0 Å². The first-order valence-electron chi connectivity index (χ1n) is 3.55. The fourth-order valence-corrected chi connectivity index (χ4v) is 1.57. The van der Waals surface area contributed by atoms with Crippen LogP contribution in [-0.2, 0) is 0 Å². The average molecular weight is 210 g/mol. The van der Waals surface area contributed by atoms with Gasteiger partial charge in [0.15, 0.2) is 0 Å². The molecule has 1 nitrogen and oxygen atoms in total. The molecule has 0 radical (unpaired) electrons. The zero-order chi connectivity index (χ0) is 7.68. The topological polar surface area (TPSA) is 12.0 Å². The van der Waals surface area contributed by atoms with Crippen molar-refractivity contribution in [2.45, 2.75) is 0 Å². The van der Waals surface area contributed by atoms with Crippen molar-refractivity contribution < 1.29 is 0 Å². The van der Waals surface area contributed by atoms with Gasteiger partial charge in [0.25, 0.3) is 0 Å². The van der Waals surface area contributed by atoms with E-state index in [1.807, 2.05) is 12.1 Å². The third-order valence-electron chi connectivity index (χ3n) is 1.72. The van der Waals surface area contributed by atoms with E-state index in [1.165, 1.54) is 15.7 Å². The molecule has 0 saturated carbocycles. The third-order valence-corrected chi connectivity index (χ3v) is 2.23. The summed E-state index contributed by atoms with van der Waals surface area (Å²) in [6, 6.07) is 8.27. The molecule has 1 N–H and O–H groups in total. The van der Waals surface area contributed by atoms with E-state index in [2.05, 4.69) is 39.5 Å². The summed E-state index contributed by atoms with van der Waals surface area (Å²) < 4.78 is 1.20. The molecule has 0 atom stereocenters. The van der Waals surface area contributed by atoms with Gasteiger partial charge >= 0.3 is 0 Å². The molecule has 1 aliphatic heterocycles. The highest BCUT2D eigenvalue weighted by Gasteiger charge is 2.04. The Morgan fingerprint density at radius 2 is 2.09 bits per heavy atom. The van der Waals surface area contributed by atoms with E-state index in [0.717, 1.165) is 6.54 Å². The van der Waals surface area contributed by atoms with Crippen LogP contribution in [0.1, 0.15) is 5.56 Å². The lowest BCUT2D eigenvalue weighted by molar-refractivity contribution is 1.30. The van der Waals surface area contributed by atoms with Crippen LogP contribution in [0.15, 0.2) is 28.7 Å². The quantitative estimate of drug-likeness (QED) is 0.694. The van der Waals surface area contributed by atoms with Crippen LogP contribution in [-0.4, -0.2) is 6.54 Å². The lowest BCUT2D eigenvalue weighted by atomic mass is 10.1. The predicted octanol–water partition coefficient (Wildman–Crippen LogP) is 2.85. The number of anilines is 1. The summed E-state index contributed by atoms with van der Waals surface area (Å²) in [5, 5.41) is 3.30. The second kappa shape index (κ2) is 2.70. The van der Waals surface area contributed by atoms with Gasteiger partial charge in [-0.05, 0) is 17.7 Å². The summed E-state index contributed by atoms with van der Waals surface area (Å²) in [6.07, 6.45) is 2.14. The van der Waals surface area contributed by atoms with Gasteiger partial charge in [0.1, 0.15) is 0 Å². The monoisotopic (exact) mass is 209 g/mol. The number of para-hydroxylation sites is 1. The number of nitrogens with one attached hydrogen (secondary N) is 1. The first-order valence-corrected chi connectivity index (χ1v) is 4.34. The molecule has 0 aromatic heterocycles. The molecule has 0 saturated heterocycles. The minimum Gasteiger partial charge on any atom is -0.380 e. The fraction of sp³-hybridized carbons (Fsp3) is 0.111. The summed E-state index contributed by atoms with van der Waals surface area (Å²) in [4.78, 5) is 0. The van der Waals surface area contributed by atoms with E-state index in [9.17, 15) is 0 Å². The Balaban J connectivity index is 2.51. The number of halogens is 1. The summed E-state index contributed by atoms with van der Waals surface area (Å²) in [5.41, 5.74) is 2.47. The Morgan fingerprint density at radius 1 is 1.27 bits per heavy atom. The fourth-order valence-electron chi connectivity index (χ4n) is 1.18. The van der Waals surface area contributed by atoms with Crippen LogP contribution in [0.5, 0.6) is 0 Å². The largest absolute Gasteiger partial charge is 0.380 e. The maximum absolute atomic E-state index is 3.46. The van der Waals surface area contributed by atoms with Crippen LogP contribution in [0.25, 0.3) is 6.08 Å². The van der Waals surface area contributed by atoms with E-state index in [-0.39, 0.29) is 0 Å². The highest BCUT2D eigenvalue weighted by Crippen LogP contribution is 2.24. The van der Waals surface area contributed by atoms with Crippen LogP contribution in [0.3, 0.4) is 0 Å². The molecule has 0 unspecified atom stereocenters. The maximum atomic E-state index is 3.46. The molecule has 1 aromatic rings. The molecule has 2 heteroatoms. The van der Waals surface area contributed by atoms with Crippen molar-refractivity contribution in [3.8, 4) is 0 Å². The maximum Gasteiger partial charge on any atom is 0.0466 e. The summed E-state index contributed by atoms with van der Waals surface area (Å²) >= 11 is 3.46. The summed E-state index contributed by atoms with van der Waals surface area (Å²) in [6.45, 7) is 0.900. The smallest absolute Gasteiger partial charge is 0.0466 e. The van der Waals surface area contributed by atoms with Crippen molar-refractivity contribution in [3.05, 3.63) is 34.3 Å². The molecule has 0 spiro atoms. The van der Waals surface area contributed by atoms with Crippen LogP contribution in [0.2, 0.25) is 0 Å².